The number of carbonyl (C=O) groups excluding carboxylic acids is 2. The fraction of sp³-hybridized carbons (Fsp3) is 0.200. The van der Waals surface area contributed by atoms with E-state index in [1.165, 1.54) is 0 Å². The molecule has 0 amide bonds. The molecular weight excluding hydrogens is 179 g/mol. The van der Waals surface area contributed by atoms with Gasteiger partial charge in [-0.15, -0.1) is 0 Å². The van der Waals surface area contributed by atoms with Crippen molar-refractivity contribution >= 4 is 22.8 Å². The molecule has 3 nitrogen and oxygen atoms in total. The van der Waals surface area contributed by atoms with Gasteiger partial charge >= 0.3 is 51.4 Å². The van der Waals surface area contributed by atoms with E-state index in [2.05, 4.69) is 6.58 Å². The van der Waals surface area contributed by atoms with Gasteiger partial charge in [0, 0.05) is 5.75 Å². The molecular formula is C5H5KO3S. The second kappa shape index (κ2) is 7.97. The van der Waals surface area contributed by atoms with E-state index in [0.717, 1.165) is 6.08 Å². The Morgan fingerprint density at radius 1 is 1.60 bits per heavy atom. The van der Waals surface area contributed by atoms with Crippen LogP contribution in [0.2, 0.25) is 0 Å². The summed E-state index contributed by atoms with van der Waals surface area (Å²) in [6, 6.07) is 0. The van der Waals surface area contributed by atoms with Crippen LogP contribution in [0, 0.1) is 0 Å². The molecule has 0 saturated carbocycles. The van der Waals surface area contributed by atoms with Crippen molar-refractivity contribution in [3.63, 3.8) is 0 Å². The summed E-state index contributed by atoms with van der Waals surface area (Å²) in [5.74, 6) is -1.54. The first-order valence-corrected chi connectivity index (χ1v) is 3.14. The minimum Gasteiger partial charge on any atom is -0.549 e. The Kier molecular flexibility index (Phi) is 10.7. The molecule has 0 unspecified atom stereocenters. The summed E-state index contributed by atoms with van der Waals surface area (Å²) in [6.45, 7) is 3.15. The summed E-state index contributed by atoms with van der Waals surface area (Å²) < 4.78 is 0. The Balaban J connectivity index is 0. The quantitative estimate of drug-likeness (QED) is 0.333. The molecule has 0 spiro atoms. The van der Waals surface area contributed by atoms with E-state index in [9.17, 15) is 14.7 Å². The van der Waals surface area contributed by atoms with Gasteiger partial charge in [-0.25, -0.2) is 0 Å². The molecule has 0 aliphatic rings. The first kappa shape index (κ1) is 13.5. The largest absolute Gasteiger partial charge is 1.00 e. The number of carboxylic acids is 1. The number of hydrogen-bond acceptors (Lipinski definition) is 4. The molecule has 0 atom stereocenters. The summed E-state index contributed by atoms with van der Waals surface area (Å²) in [4.78, 5) is 20.0. The third-order valence-corrected chi connectivity index (χ3v) is 1.33. The zero-order valence-electron chi connectivity index (χ0n) is 5.62. The second-order valence-electron chi connectivity index (χ2n) is 1.18. The Labute approximate surface area is 106 Å². The van der Waals surface area contributed by atoms with Gasteiger partial charge in [0.1, 0.15) is 0 Å². The van der Waals surface area contributed by atoms with E-state index < -0.39 is 5.97 Å². The molecule has 0 aromatic rings. The Morgan fingerprint density at radius 3 is 2.40 bits per heavy atom. The second-order valence-corrected chi connectivity index (χ2v) is 2.16. The molecule has 5 heteroatoms. The Bertz CT molecular complexity index is 146. The van der Waals surface area contributed by atoms with Crippen LogP contribution < -0.4 is 56.5 Å². The van der Waals surface area contributed by atoms with Crippen LogP contribution in [0.15, 0.2) is 12.7 Å². The van der Waals surface area contributed by atoms with E-state index in [0.29, 0.717) is 11.8 Å². The molecule has 0 N–H and O–H groups in total. The molecule has 0 fully saturated rings. The Hall–Kier alpha value is 0.866. The van der Waals surface area contributed by atoms with Crippen molar-refractivity contribution < 1.29 is 66.1 Å². The van der Waals surface area contributed by atoms with Gasteiger partial charge in [-0.2, -0.15) is 0 Å². The van der Waals surface area contributed by atoms with E-state index >= 15 is 0 Å². The zero-order valence-corrected chi connectivity index (χ0v) is 9.56. The smallest absolute Gasteiger partial charge is 0.549 e. The molecule has 0 aliphatic heterocycles. The summed E-state index contributed by atoms with van der Waals surface area (Å²) in [5, 5.41) is 9.35. The van der Waals surface area contributed by atoms with Crippen molar-refractivity contribution in [1.29, 1.82) is 0 Å². The molecule has 0 saturated heterocycles. The van der Waals surface area contributed by atoms with E-state index in [4.69, 9.17) is 0 Å². The number of aliphatic carboxylic acids is 1. The van der Waals surface area contributed by atoms with Gasteiger partial charge in [-0.1, -0.05) is 18.3 Å². The number of carboxylic acid groups (broad SMARTS) is 1. The van der Waals surface area contributed by atoms with Crippen LogP contribution >= 0.6 is 11.8 Å². The fourth-order valence-electron chi connectivity index (χ4n) is 0.189. The number of rotatable bonds is 3. The van der Waals surface area contributed by atoms with Crippen LogP contribution in [0.3, 0.4) is 0 Å². The van der Waals surface area contributed by atoms with E-state index in [1.54, 1.807) is 0 Å². The maximum atomic E-state index is 10.3. The van der Waals surface area contributed by atoms with Crippen LogP contribution in [0.4, 0.5) is 0 Å². The molecule has 50 valence electrons. The SMILES string of the molecule is C=CC(=O)SCC(=O)[O-].[K+]. The van der Waals surface area contributed by atoms with Gasteiger partial charge in [0.2, 0.25) is 5.12 Å². The standard InChI is InChI=1S/C5H6O3S.K/c1-2-5(8)9-3-4(6)7;/h2H,1,3H2,(H,6,7);/q;+1/p-1. The third-order valence-electron chi connectivity index (χ3n) is 0.499. The molecule has 0 aromatic heterocycles. The summed E-state index contributed by atoms with van der Waals surface area (Å²) in [7, 11) is 0. The van der Waals surface area contributed by atoms with Crippen molar-refractivity contribution in [1.82, 2.24) is 0 Å². The predicted octanol–water partition coefficient (Wildman–Crippen LogP) is -3.81. The number of carbonyl (C=O) groups is 2. The molecule has 0 rings (SSSR count). The van der Waals surface area contributed by atoms with Crippen molar-refractivity contribution in [3.05, 3.63) is 12.7 Å². The minimum absolute atomic E-state index is 0. The van der Waals surface area contributed by atoms with Crippen molar-refractivity contribution in [3.8, 4) is 0 Å². The summed E-state index contributed by atoms with van der Waals surface area (Å²) in [5.41, 5.74) is 0. The molecule has 0 aliphatic carbocycles. The maximum Gasteiger partial charge on any atom is 1.00 e. The van der Waals surface area contributed by atoms with Crippen LogP contribution in [-0.4, -0.2) is 16.8 Å². The molecule has 0 heterocycles. The molecule has 0 radical (unpaired) electrons. The van der Waals surface area contributed by atoms with Gasteiger partial charge in [0.05, 0.1) is 5.97 Å². The van der Waals surface area contributed by atoms with Crippen molar-refractivity contribution in [2.24, 2.45) is 0 Å². The zero-order chi connectivity index (χ0) is 7.28. The monoisotopic (exact) mass is 184 g/mol. The first-order chi connectivity index (χ1) is 4.16. The van der Waals surface area contributed by atoms with Crippen LogP contribution in [0.25, 0.3) is 0 Å². The minimum atomic E-state index is -1.24. The average molecular weight is 184 g/mol. The van der Waals surface area contributed by atoms with Gasteiger partial charge in [0.15, 0.2) is 0 Å². The van der Waals surface area contributed by atoms with Crippen LogP contribution in [0.5, 0.6) is 0 Å². The molecule has 0 aromatic carbocycles. The normalized spacial score (nSPS) is 7.60. The maximum absolute atomic E-state index is 10.3. The first-order valence-electron chi connectivity index (χ1n) is 2.16. The summed E-state index contributed by atoms with van der Waals surface area (Å²) in [6.07, 6.45) is 1.06. The summed E-state index contributed by atoms with van der Waals surface area (Å²) >= 11 is 0.666. The van der Waals surface area contributed by atoms with Gasteiger partial charge in [-0.3, -0.25) is 4.79 Å². The number of hydrogen-bond donors (Lipinski definition) is 0. The average Bonchev–Trinajstić information content (AvgIpc) is 1.83. The number of thioether (sulfide) groups is 1. The van der Waals surface area contributed by atoms with Gasteiger partial charge in [-0.05, 0) is 6.08 Å². The van der Waals surface area contributed by atoms with Crippen molar-refractivity contribution in [2.45, 2.75) is 0 Å². The molecule has 0 bridgehead atoms. The van der Waals surface area contributed by atoms with Gasteiger partial charge < -0.3 is 9.90 Å². The molecule has 10 heavy (non-hydrogen) atoms. The van der Waals surface area contributed by atoms with E-state index in [-0.39, 0.29) is 62.3 Å². The topological polar surface area (TPSA) is 57.2 Å². The van der Waals surface area contributed by atoms with Crippen molar-refractivity contribution in [2.75, 3.05) is 5.75 Å². The van der Waals surface area contributed by atoms with Gasteiger partial charge in [0.25, 0.3) is 0 Å². The Morgan fingerprint density at radius 2 is 2.10 bits per heavy atom. The van der Waals surface area contributed by atoms with Crippen LogP contribution in [-0.2, 0) is 9.59 Å². The predicted molar refractivity (Wildman–Crippen MR) is 32.7 cm³/mol. The fourth-order valence-corrected chi connectivity index (χ4v) is 0.567. The van der Waals surface area contributed by atoms with Crippen LogP contribution in [0.1, 0.15) is 0 Å². The third kappa shape index (κ3) is 8.87. The van der Waals surface area contributed by atoms with E-state index in [1.807, 2.05) is 0 Å².